The van der Waals surface area contributed by atoms with Crippen molar-refractivity contribution in [3.05, 3.63) is 74.1 Å². The van der Waals surface area contributed by atoms with Crippen LogP contribution in [0.1, 0.15) is 38.6 Å². The van der Waals surface area contributed by atoms with E-state index in [0.29, 0.717) is 17.8 Å². The normalized spacial score (nSPS) is 16.2. The Labute approximate surface area is 160 Å². The summed E-state index contributed by atoms with van der Waals surface area (Å²) in [6, 6.07) is 13.4. The van der Waals surface area contributed by atoms with Gasteiger partial charge in [-0.2, -0.15) is 0 Å². The minimum Gasteiger partial charge on any atom is -0.326 e. The van der Waals surface area contributed by atoms with Crippen molar-refractivity contribution in [2.45, 2.75) is 19.4 Å². The summed E-state index contributed by atoms with van der Waals surface area (Å²) in [5.74, 6) is -0.0996. The lowest BCUT2D eigenvalue weighted by Crippen LogP contribution is -2.39. The zero-order chi connectivity index (χ0) is 18.1. The third-order valence-corrected chi connectivity index (χ3v) is 6.41. The van der Waals surface area contributed by atoms with E-state index in [1.54, 1.807) is 46.9 Å². The smallest absolute Gasteiger partial charge is 0.254 e. The SMILES string of the molecule is CC(=O)Nc1ccc(C(=O)N2CCc3sccc3C2c2cccs2)cc1. The molecule has 2 aromatic heterocycles. The third-order valence-electron chi connectivity index (χ3n) is 4.49. The van der Waals surface area contributed by atoms with Gasteiger partial charge in [-0.05, 0) is 59.1 Å². The number of benzene rings is 1. The lowest BCUT2D eigenvalue weighted by atomic mass is 9.97. The molecule has 1 N–H and O–H groups in total. The highest BCUT2D eigenvalue weighted by atomic mass is 32.1. The van der Waals surface area contributed by atoms with E-state index in [0.717, 1.165) is 6.42 Å². The maximum absolute atomic E-state index is 13.2. The Hall–Kier alpha value is -2.44. The summed E-state index contributed by atoms with van der Waals surface area (Å²) < 4.78 is 0. The van der Waals surface area contributed by atoms with Crippen LogP contribution in [-0.2, 0) is 11.2 Å². The first-order chi connectivity index (χ1) is 12.6. The Morgan fingerprint density at radius 3 is 2.58 bits per heavy atom. The summed E-state index contributed by atoms with van der Waals surface area (Å²) >= 11 is 3.46. The van der Waals surface area contributed by atoms with E-state index in [1.165, 1.54) is 22.2 Å². The zero-order valence-electron chi connectivity index (χ0n) is 14.3. The number of hydrogen-bond donors (Lipinski definition) is 1. The van der Waals surface area contributed by atoms with Crippen molar-refractivity contribution in [1.82, 2.24) is 4.90 Å². The van der Waals surface area contributed by atoms with Crippen molar-refractivity contribution in [3.8, 4) is 0 Å². The second-order valence-electron chi connectivity index (χ2n) is 6.22. The third kappa shape index (κ3) is 3.18. The van der Waals surface area contributed by atoms with Gasteiger partial charge in [0.05, 0.1) is 6.04 Å². The number of carbonyl (C=O) groups excluding carboxylic acids is 2. The van der Waals surface area contributed by atoms with Gasteiger partial charge in [-0.3, -0.25) is 9.59 Å². The highest BCUT2D eigenvalue weighted by Gasteiger charge is 2.33. The van der Waals surface area contributed by atoms with Crippen LogP contribution in [0.5, 0.6) is 0 Å². The van der Waals surface area contributed by atoms with Crippen LogP contribution in [0.3, 0.4) is 0 Å². The topological polar surface area (TPSA) is 49.4 Å². The first-order valence-corrected chi connectivity index (χ1v) is 10.2. The molecule has 2 amide bonds. The van der Waals surface area contributed by atoms with Crippen LogP contribution in [0.25, 0.3) is 0 Å². The summed E-state index contributed by atoms with van der Waals surface area (Å²) in [6.45, 7) is 2.18. The summed E-state index contributed by atoms with van der Waals surface area (Å²) in [4.78, 5) is 28.9. The van der Waals surface area contributed by atoms with E-state index in [4.69, 9.17) is 0 Å². The standard InChI is InChI=1S/C20H18N2O2S2/c1-13(23)21-15-6-4-14(5-7-15)20(24)22-10-8-17-16(9-12-26-17)19(22)18-3-2-11-25-18/h2-7,9,11-12,19H,8,10H2,1H3,(H,21,23). The van der Waals surface area contributed by atoms with E-state index in [-0.39, 0.29) is 17.9 Å². The summed E-state index contributed by atoms with van der Waals surface area (Å²) in [5, 5.41) is 6.90. The van der Waals surface area contributed by atoms with Crippen molar-refractivity contribution < 1.29 is 9.59 Å². The largest absolute Gasteiger partial charge is 0.326 e. The van der Waals surface area contributed by atoms with Gasteiger partial charge in [0.15, 0.2) is 0 Å². The monoisotopic (exact) mass is 382 g/mol. The number of fused-ring (bicyclic) bond motifs is 1. The van der Waals surface area contributed by atoms with Crippen molar-refractivity contribution in [2.75, 3.05) is 11.9 Å². The van der Waals surface area contributed by atoms with Gasteiger partial charge in [-0.25, -0.2) is 0 Å². The van der Waals surface area contributed by atoms with Gasteiger partial charge in [0.1, 0.15) is 0 Å². The highest BCUT2D eigenvalue weighted by Crippen LogP contribution is 2.40. The molecule has 0 aliphatic carbocycles. The maximum atomic E-state index is 13.2. The van der Waals surface area contributed by atoms with Gasteiger partial charge < -0.3 is 10.2 Å². The summed E-state index contributed by atoms with van der Waals surface area (Å²) in [7, 11) is 0. The van der Waals surface area contributed by atoms with Gasteiger partial charge in [-0.1, -0.05) is 6.07 Å². The Morgan fingerprint density at radius 2 is 1.88 bits per heavy atom. The molecule has 1 aliphatic heterocycles. The fraction of sp³-hybridized carbons (Fsp3) is 0.200. The van der Waals surface area contributed by atoms with Gasteiger partial charge >= 0.3 is 0 Å². The van der Waals surface area contributed by atoms with E-state index < -0.39 is 0 Å². The lowest BCUT2D eigenvalue weighted by molar-refractivity contribution is -0.114. The molecule has 1 aromatic carbocycles. The van der Waals surface area contributed by atoms with Gasteiger partial charge in [0, 0.05) is 34.5 Å². The van der Waals surface area contributed by atoms with E-state index in [2.05, 4.69) is 28.2 Å². The van der Waals surface area contributed by atoms with Gasteiger partial charge in [0.2, 0.25) is 5.91 Å². The molecule has 4 nitrogen and oxygen atoms in total. The average molecular weight is 383 g/mol. The first-order valence-electron chi connectivity index (χ1n) is 8.42. The molecular weight excluding hydrogens is 364 g/mol. The van der Waals surface area contributed by atoms with Crippen LogP contribution in [0.2, 0.25) is 0 Å². The number of thiophene rings is 2. The van der Waals surface area contributed by atoms with Crippen LogP contribution in [0, 0.1) is 0 Å². The molecule has 0 spiro atoms. The lowest BCUT2D eigenvalue weighted by Gasteiger charge is -2.35. The van der Waals surface area contributed by atoms with Crippen LogP contribution in [-0.4, -0.2) is 23.3 Å². The molecule has 0 radical (unpaired) electrons. The van der Waals surface area contributed by atoms with E-state index in [1.807, 2.05) is 11.0 Å². The molecule has 0 bridgehead atoms. The molecule has 4 rings (SSSR count). The number of anilines is 1. The Bertz CT molecular complexity index is 929. The minimum atomic E-state index is -0.122. The molecule has 0 fully saturated rings. The molecule has 1 unspecified atom stereocenters. The number of amides is 2. The number of hydrogen-bond acceptors (Lipinski definition) is 4. The predicted octanol–water partition coefficient (Wildman–Crippen LogP) is 4.56. The first kappa shape index (κ1) is 17.0. The number of nitrogens with one attached hydrogen (secondary N) is 1. The maximum Gasteiger partial charge on any atom is 0.254 e. The Balaban J connectivity index is 1.65. The van der Waals surface area contributed by atoms with Gasteiger partial charge in [0.25, 0.3) is 5.91 Å². The van der Waals surface area contributed by atoms with E-state index >= 15 is 0 Å². The molecule has 1 atom stereocenters. The second-order valence-corrected chi connectivity index (χ2v) is 8.20. The Morgan fingerprint density at radius 1 is 1.08 bits per heavy atom. The fourth-order valence-corrected chi connectivity index (χ4v) is 5.11. The van der Waals surface area contributed by atoms with Crippen molar-refractivity contribution in [1.29, 1.82) is 0 Å². The molecule has 26 heavy (non-hydrogen) atoms. The molecule has 0 saturated carbocycles. The molecule has 1 aliphatic rings. The molecule has 3 heterocycles. The Kier molecular flexibility index (Phi) is 4.61. The van der Waals surface area contributed by atoms with Gasteiger partial charge in [-0.15, -0.1) is 22.7 Å². The fourth-order valence-electron chi connectivity index (χ4n) is 3.35. The average Bonchev–Trinajstić information content (AvgIpc) is 3.32. The van der Waals surface area contributed by atoms with Crippen LogP contribution in [0.4, 0.5) is 5.69 Å². The molecule has 3 aromatic rings. The minimum absolute atomic E-state index is 0.0208. The van der Waals surface area contributed by atoms with Crippen LogP contribution >= 0.6 is 22.7 Å². The summed E-state index contributed by atoms with van der Waals surface area (Å²) in [5.41, 5.74) is 2.58. The predicted molar refractivity (Wildman–Crippen MR) is 106 cm³/mol. The summed E-state index contributed by atoms with van der Waals surface area (Å²) in [6.07, 6.45) is 0.893. The van der Waals surface area contributed by atoms with Crippen molar-refractivity contribution >= 4 is 40.2 Å². The molecular formula is C20H18N2O2S2. The highest BCUT2D eigenvalue weighted by molar-refractivity contribution is 7.10. The quantitative estimate of drug-likeness (QED) is 0.722. The second kappa shape index (κ2) is 7.05. The molecule has 0 saturated heterocycles. The molecule has 6 heteroatoms. The van der Waals surface area contributed by atoms with Crippen LogP contribution < -0.4 is 5.32 Å². The molecule has 132 valence electrons. The van der Waals surface area contributed by atoms with Crippen LogP contribution in [0.15, 0.2) is 53.2 Å². The number of carbonyl (C=O) groups is 2. The number of nitrogens with zero attached hydrogens (tertiary/aromatic N) is 1. The van der Waals surface area contributed by atoms with E-state index in [9.17, 15) is 9.59 Å². The van der Waals surface area contributed by atoms with Crippen molar-refractivity contribution in [3.63, 3.8) is 0 Å². The van der Waals surface area contributed by atoms with Crippen molar-refractivity contribution in [2.24, 2.45) is 0 Å². The zero-order valence-corrected chi connectivity index (χ0v) is 15.9. The number of rotatable bonds is 3.